The highest BCUT2D eigenvalue weighted by atomic mass is 35.5. The molecule has 0 spiro atoms. The van der Waals surface area contributed by atoms with Gasteiger partial charge in [0.2, 0.25) is 5.91 Å². The Morgan fingerprint density at radius 3 is 2.46 bits per heavy atom. The summed E-state index contributed by atoms with van der Waals surface area (Å²) in [4.78, 5) is 37.9. The molecule has 0 radical (unpaired) electrons. The summed E-state index contributed by atoms with van der Waals surface area (Å²) in [6.07, 6.45) is 1.23. The first-order valence-electron chi connectivity index (χ1n) is 8.33. The number of hydrogen-bond donors (Lipinski definition) is 1. The molecule has 1 aliphatic rings. The van der Waals surface area contributed by atoms with Gasteiger partial charge in [0.05, 0.1) is 9.93 Å². The van der Waals surface area contributed by atoms with Crippen LogP contribution in [-0.2, 0) is 9.59 Å². The van der Waals surface area contributed by atoms with E-state index in [1.54, 1.807) is 0 Å². The Balaban J connectivity index is 1.77. The number of nitrogens with one attached hydrogen (secondary N) is 1. The molecule has 28 heavy (non-hydrogen) atoms. The first-order valence-corrected chi connectivity index (χ1v) is 9.53. The van der Waals surface area contributed by atoms with Crippen LogP contribution in [0.5, 0.6) is 0 Å². The molecule has 0 bridgehead atoms. The minimum absolute atomic E-state index is 0.0110. The lowest BCUT2D eigenvalue weighted by molar-refractivity contribution is -0.127. The second-order valence-corrected chi connectivity index (χ2v) is 7.62. The van der Waals surface area contributed by atoms with Crippen LogP contribution in [0.15, 0.2) is 41.3 Å². The summed E-state index contributed by atoms with van der Waals surface area (Å²) in [5.74, 6) is -1.76. The number of benzene rings is 2. The molecule has 5 nitrogen and oxygen atoms in total. The van der Waals surface area contributed by atoms with Crippen LogP contribution in [-0.4, -0.2) is 28.5 Å². The number of para-hydroxylation sites is 1. The molecule has 1 aliphatic heterocycles. The summed E-state index contributed by atoms with van der Waals surface area (Å²) in [5, 5.41) is 2.26. The van der Waals surface area contributed by atoms with Crippen molar-refractivity contribution < 1.29 is 18.8 Å². The molecule has 1 saturated heterocycles. The van der Waals surface area contributed by atoms with Gasteiger partial charge >= 0.3 is 0 Å². The van der Waals surface area contributed by atoms with E-state index in [4.69, 9.17) is 11.6 Å². The third-order valence-electron chi connectivity index (χ3n) is 4.20. The fraction of sp³-hybridized carbons (Fsp3) is 0.150. The van der Waals surface area contributed by atoms with E-state index in [1.807, 2.05) is 32.0 Å². The number of aryl methyl sites for hydroxylation is 2. The lowest BCUT2D eigenvalue weighted by Crippen LogP contribution is -2.36. The molecule has 0 unspecified atom stereocenters. The largest absolute Gasteiger partial charge is 0.324 e. The molecule has 0 aromatic heterocycles. The Kier molecular flexibility index (Phi) is 5.86. The first-order chi connectivity index (χ1) is 13.3. The Hall–Kier alpha value is -2.64. The van der Waals surface area contributed by atoms with Gasteiger partial charge < -0.3 is 5.32 Å². The summed E-state index contributed by atoms with van der Waals surface area (Å²) in [6, 6.07) is 9.71. The second-order valence-electron chi connectivity index (χ2n) is 6.22. The molecule has 1 heterocycles. The number of rotatable bonds is 4. The quantitative estimate of drug-likeness (QED) is 0.726. The number of thioether (sulfide) groups is 1. The molecule has 3 rings (SSSR count). The molecule has 2 aromatic rings. The summed E-state index contributed by atoms with van der Waals surface area (Å²) >= 11 is 6.61. The topological polar surface area (TPSA) is 66.5 Å². The van der Waals surface area contributed by atoms with E-state index in [9.17, 15) is 18.8 Å². The van der Waals surface area contributed by atoms with Gasteiger partial charge in [0, 0.05) is 11.3 Å². The van der Waals surface area contributed by atoms with E-state index in [-0.39, 0.29) is 15.5 Å². The Morgan fingerprint density at radius 1 is 1.18 bits per heavy atom. The smallest absolute Gasteiger partial charge is 0.294 e. The monoisotopic (exact) mass is 418 g/mol. The van der Waals surface area contributed by atoms with Crippen molar-refractivity contribution in [2.75, 3.05) is 11.9 Å². The van der Waals surface area contributed by atoms with Crippen LogP contribution in [0, 0.1) is 19.7 Å². The molecule has 2 aromatic carbocycles. The summed E-state index contributed by atoms with van der Waals surface area (Å²) in [5.41, 5.74) is 2.41. The molecule has 144 valence electrons. The minimum atomic E-state index is -0.661. The van der Waals surface area contributed by atoms with Gasteiger partial charge in [0.15, 0.2) is 0 Å². The van der Waals surface area contributed by atoms with Crippen LogP contribution in [0.4, 0.5) is 14.9 Å². The molecule has 1 fully saturated rings. The fourth-order valence-electron chi connectivity index (χ4n) is 2.75. The zero-order valence-electron chi connectivity index (χ0n) is 15.1. The van der Waals surface area contributed by atoms with Crippen LogP contribution < -0.4 is 5.32 Å². The predicted molar refractivity (Wildman–Crippen MR) is 109 cm³/mol. The Morgan fingerprint density at radius 2 is 1.82 bits per heavy atom. The molecular formula is C20H16ClFN2O3S. The normalized spacial score (nSPS) is 15.4. The summed E-state index contributed by atoms with van der Waals surface area (Å²) in [6.45, 7) is 3.27. The van der Waals surface area contributed by atoms with Gasteiger partial charge in [-0.05, 0) is 54.9 Å². The van der Waals surface area contributed by atoms with Crippen LogP contribution in [0.2, 0.25) is 5.02 Å². The number of imide groups is 1. The number of carbonyl (C=O) groups is 3. The summed E-state index contributed by atoms with van der Waals surface area (Å²) in [7, 11) is 0. The minimum Gasteiger partial charge on any atom is -0.324 e. The van der Waals surface area contributed by atoms with E-state index in [2.05, 4.69) is 5.32 Å². The number of anilines is 1. The van der Waals surface area contributed by atoms with Crippen LogP contribution in [0.25, 0.3) is 6.08 Å². The molecule has 0 atom stereocenters. The van der Waals surface area contributed by atoms with Crippen molar-refractivity contribution in [3.05, 3.63) is 68.8 Å². The van der Waals surface area contributed by atoms with Crippen molar-refractivity contribution in [1.29, 1.82) is 0 Å². The van der Waals surface area contributed by atoms with Crippen molar-refractivity contribution in [3.63, 3.8) is 0 Å². The third kappa shape index (κ3) is 4.10. The highest BCUT2D eigenvalue weighted by Gasteiger charge is 2.36. The number of amides is 3. The van der Waals surface area contributed by atoms with Gasteiger partial charge in [0.1, 0.15) is 12.4 Å². The predicted octanol–water partition coefficient (Wildman–Crippen LogP) is 4.77. The first kappa shape index (κ1) is 20.1. The van der Waals surface area contributed by atoms with E-state index in [1.165, 1.54) is 24.3 Å². The van der Waals surface area contributed by atoms with Crippen molar-refractivity contribution >= 4 is 52.2 Å². The Bertz CT molecular complexity index is 982. The molecular weight excluding hydrogens is 403 g/mol. The number of nitrogens with zero attached hydrogens (tertiary/aromatic N) is 1. The second kappa shape index (κ2) is 8.16. The van der Waals surface area contributed by atoms with Gasteiger partial charge in [0.25, 0.3) is 11.1 Å². The lowest BCUT2D eigenvalue weighted by atomic mass is 10.1. The average molecular weight is 419 g/mol. The highest BCUT2D eigenvalue weighted by Crippen LogP contribution is 2.34. The van der Waals surface area contributed by atoms with Crippen molar-refractivity contribution in [1.82, 2.24) is 4.90 Å². The van der Waals surface area contributed by atoms with E-state index in [0.717, 1.165) is 16.0 Å². The van der Waals surface area contributed by atoms with Gasteiger partial charge in [-0.2, -0.15) is 0 Å². The molecule has 0 saturated carbocycles. The number of hydrogen-bond acceptors (Lipinski definition) is 4. The number of carbonyl (C=O) groups excluding carboxylic acids is 3. The van der Waals surface area contributed by atoms with E-state index >= 15 is 0 Å². The van der Waals surface area contributed by atoms with Gasteiger partial charge in [-0.1, -0.05) is 35.9 Å². The maximum atomic E-state index is 13.9. The lowest BCUT2D eigenvalue weighted by Gasteiger charge is -2.15. The summed E-state index contributed by atoms with van der Waals surface area (Å²) < 4.78 is 13.9. The van der Waals surface area contributed by atoms with Crippen molar-refractivity contribution in [3.8, 4) is 0 Å². The Labute approximate surface area is 170 Å². The highest BCUT2D eigenvalue weighted by molar-refractivity contribution is 8.18. The van der Waals surface area contributed by atoms with E-state index in [0.29, 0.717) is 17.4 Å². The fourth-order valence-corrected chi connectivity index (χ4v) is 3.79. The van der Waals surface area contributed by atoms with Crippen molar-refractivity contribution in [2.24, 2.45) is 0 Å². The number of halogens is 2. The molecule has 8 heteroatoms. The van der Waals surface area contributed by atoms with Gasteiger partial charge in [-0.25, -0.2) is 4.39 Å². The third-order valence-corrected chi connectivity index (χ3v) is 5.43. The van der Waals surface area contributed by atoms with Gasteiger partial charge in [-0.15, -0.1) is 0 Å². The maximum absolute atomic E-state index is 13.9. The van der Waals surface area contributed by atoms with E-state index < -0.39 is 29.4 Å². The maximum Gasteiger partial charge on any atom is 0.294 e. The van der Waals surface area contributed by atoms with Crippen LogP contribution >= 0.6 is 23.4 Å². The zero-order chi connectivity index (χ0) is 20.4. The SMILES string of the molecule is Cc1cccc(C)c1NC(=O)CN1C(=O)S/C(=C\c2c(F)cccc2Cl)C1=O. The average Bonchev–Trinajstić information content (AvgIpc) is 2.89. The van der Waals surface area contributed by atoms with Crippen molar-refractivity contribution in [2.45, 2.75) is 13.8 Å². The zero-order valence-corrected chi connectivity index (χ0v) is 16.7. The van der Waals surface area contributed by atoms with Crippen LogP contribution in [0.1, 0.15) is 16.7 Å². The van der Waals surface area contributed by atoms with Gasteiger partial charge in [-0.3, -0.25) is 19.3 Å². The van der Waals surface area contributed by atoms with Crippen LogP contribution in [0.3, 0.4) is 0 Å². The molecule has 0 aliphatic carbocycles. The molecule has 1 N–H and O–H groups in total. The molecule has 3 amide bonds. The standard InChI is InChI=1S/C20H16ClFN2O3S/c1-11-5-3-6-12(2)18(11)23-17(25)10-24-19(26)16(28-20(24)27)9-13-14(21)7-4-8-15(13)22/h3-9H,10H2,1-2H3,(H,23,25)/b16-9-.